The third-order valence-corrected chi connectivity index (χ3v) is 4.12. The monoisotopic (exact) mass is 232 g/mol. The first-order valence-corrected chi connectivity index (χ1v) is 6.89. The molecule has 1 aliphatic rings. The van der Waals surface area contributed by atoms with E-state index < -0.39 is 0 Å². The van der Waals surface area contributed by atoms with Crippen molar-refractivity contribution in [1.82, 2.24) is 10.3 Å². The predicted octanol–water partition coefficient (Wildman–Crippen LogP) is 3.70. The first kappa shape index (κ1) is 12.6. The zero-order valence-electron chi connectivity index (χ0n) is 11.1. The Kier molecular flexibility index (Phi) is 4.16. The van der Waals surface area contributed by atoms with E-state index in [0.717, 1.165) is 6.54 Å². The molecule has 0 aliphatic heterocycles. The molecule has 1 unspecified atom stereocenters. The molecule has 0 spiro atoms. The predicted molar refractivity (Wildman–Crippen MR) is 71.8 cm³/mol. The second kappa shape index (κ2) is 5.63. The Morgan fingerprint density at radius 3 is 2.71 bits per heavy atom. The summed E-state index contributed by atoms with van der Waals surface area (Å²) in [7, 11) is 0. The number of aromatic nitrogens is 1. The minimum absolute atomic E-state index is 0.400. The number of nitrogens with zero attached hydrogens (tertiary/aromatic N) is 1. The molecule has 2 heteroatoms. The highest BCUT2D eigenvalue weighted by Crippen LogP contribution is 2.45. The molecule has 0 aromatic carbocycles. The van der Waals surface area contributed by atoms with Gasteiger partial charge in [0.15, 0.2) is 0 Å². The van der Waals surface area contributed by atoms with E-state index in [2.05, 4.69) is 30.2 Å². The summed E-state index contributed by atoms with van der Waals surface area (Å²) in [4.78, 5) is 4.27. The van der Waals surface area contributed by atoms with Crippen LogP contribution in [0.5, 0.6) is 0 Å². The molecule has 0 radical (unpaired) electrons. The summed E-state index contributed by atoms with van der Waals surface area (Å²) in [5.41, 5.74) is 1.75. The maximum atomic E-state index is 4.27. The van der Waals surface area contributed by atoms with Crippen LogP contribution in [0, 0.1) is 5.41 Å². The van der Waals surface area contributed by atoms with Crippen LogP contribution in [0.25, 0.3) is 0 Å². The van der Waals surface area contributed by atoms with Crippen molar-refractivity contribution in [1.29, 1.82) is 0 Å². The molecule has 1 aliphatic carbocycles. The second-order valence-electron chi connectivity index (χ2n) is 5.49. The smallest absolute Gasteiger partial charge is 0.0389 e. The molecule has 17 heavy (non-hydrogen) atoms. The van der Waals surface area contributed by atoms with E-state index in [-0.39, 0.29) is 0 Å². The molecular weight excluding hydrogens is 208 g/mol. The Labute approximate surface area is 105 Å². The first-order valence-electron chi connectivity index (χ1n) is 6.89. The van der Waals surface area contributed by atoms with Gasteiger partial charge in [-0.1, -0.05) is 39.2 Å². The quantitative estimate of drug-likeness (QED) is 0.856. The normalized spacial score (nSPS) is 21.1. The lowest BCUT2D eigenvalue weighted by atomic mass is 9.69. The largest absolute Gasteiger partial charge is 0.310 e. The minimum Gasteiger partial charge on any atom is -0.310 e. The van der Waals surface area contributed by atoms with Crippen molar-refractivity contribution >= 4 is 0 Å². The van der Waals surface area contributed by atoms with Crippen LogP contribution >= 0.6 is 0 Å². The lowest BCUT2D eigenvalue weighted by Gasteiger charge is -2.41. The lowest BCUT2D eigenvalue weighted by Crippen LogP contribution is -2.37. The van der Waals surface area contributed by atoms with Gasteiger partial charge in [0.1, 0.15) is 0 Å². The molecule has 2 rings (SSSR count). The fraction of sp³-hybridized carbons (Fsp3) is 0.667. The van der Waals surface area contributed by atoms with Crippen LogP contribution in [0.15, 0.2) is 24.5 Å². The van der Waals surface area contributed by atoms with Gasteiger partial charge in [0, 0.05) is 18.4 Å². The molecular formula is C15H24N2. The Balaban J connectivity index is 2.22. The van der Waals surface area contributed by atoms with Crippen molar-refractivity contribution in [3.8, 4) is 0 Å². The van der Waals surface area contributed by atoms with Gasteiger partial charge in [0.2, 0.25) is 0 Å². The van der Waals surface area contributed by atoms with E-state index in [1.807, 2.05) is 18.5 Å². The Hall–Kier alpha value is -0.890. The van der Waals surface area contributed by atoms with Crippen molar-refractivity contribution in [3.63, 3.8) is 0 Å². The highest BCUT2D eigenvalue weighted by atomic mass is 14.9. The van der Waals surface area contributed by atoms with E-state index in [0.29, 0.717) is 11.5 Å². The minimum atomic E-state index is 0.400. The van der Waals surface area contributed by atoms with Crippen LogP contribution in [0.2, 0.25) is 0 Å². The van der Waals surface area contributed by atoms with E-state index in [1.54, 1.807) is 0 Å². The van der Waals surface area contributed by atoms with Crippen LogP contribution in [0.4, 0.5) is 0 Å². The van der Waals surface area contributed by atoms with Gasteiger partial charge < -0.3 is 5.32 Å². The van der Waals surface area contributed by atoms with Crippen molar-refractivity contribution < 1.29 is 0 Å². The van der Waals surface area contributed by atoms with Gasteiger partial charge >= 0.3 is 0 Å². The Morgan fingerprint density at radius 1 is 1.35 bits per heavy atom. The van der Waals surface area contributed by atoms with Crippen molar-refractivity contribution in [2.45, 2.75) is 52.0 Å². The highest BCUT2D eigenvalue weighted by Gasteiger charge is 2.35. The molecule has 1 aromatic rings. The molecule has 0 bridgehead atoms. The number of pyridine rings is 1. The molecule has 0 saturated heterocycles. The molecule has 94 valence electrons. The van der Waals surface area contributed by atoms with E-state index in [4.69, 9.17) is 0 Å². The molecule has 0 amide bonds. The molecule has 2 nitrogen and oxygen atoms in total. The number of rotatable bonds is 4. The standard InChI is InChI=1S/C15H24N2/c1-3-17-14(13-8-7-11-16-12-13)15(2)9-5-4-6-10-15/h7-8,11-12,14,17H,3-6,9-10H2,1-2H3. The summed E-state index contributed by atoms with van der Waals surface area (Å²) in [5.74, 6) is 0. The lowest BCUT2D eigenvalue weighted by molar-refractivity contribution is 0.146. The van der Waals surface area contributed by atoms with Crippen LogP contribution < -0.4 is 5.32 Å². The Bertz CT molecular complexity index is 328. The van der Waals surface area contributed by atoms with E-state index >= 15 is 0 Å². The van der Waals surface area contributed by atoms with E-state index in [9.17, 15) is 0 Å². The topological polar surface area (TPSA) is 24.9 Å². The molecule has 1 saturated carbocycles. The SMILES string of the molecule is CCNC(c1cccnc1)C1(C)CCCCC1. The number of hydrogen-bond acceptors (Lipinski definition) is 2. The number of nitrogens with one attached hydrogen (secondary N) is 1. The Morgan fingerprint density at radius 2 is 2.12 bits per heavy atom. The van der Waals surface area contributed by atoms with Gasteiger partial charge in [-0.3, -0.25) is 4.98 Å². The van der Waals surface area contributed by atoms with Crippen molar-refractivity contribution in [2.75, 3.05) is 6.54 Å². The fourth-order valence-electron chi connectivity index (χ4n) is 3.17. The van der Waals surface area contributed by atoms with Gasteiger partial charge in [-0.15, -0.1) is 0 Å². The zero-order valence-corrected chi connectivity index (χ0v) is 11.1. The fourth-order valence-corrected chi connectivity index (χ4v) is 3.17. The van der Waals surface area contributed by atoms with Gasteiger partial charge in [0.25, 0.3) is 0 Å². The van der Waals surface area contributed by atoms with Gasteiger partial charge in [-0.25, -0.2) is 0 Å². The third-order valence-electron chi connectivity index (χ3n) is 4.12. The summed E-state index contributed by atoms with van der Waals surface area (Å²) in [6, 6.07) is 4.72. The van der Waals surface area contributed by atoms with Crippen LogP contribution in [0.1, 0.15) is 57.6 Å². The summed E-state index contributed by atoms with van der Waals surface area (Å²) in [6.45, 7) is 5.65. The summed E-state index contributed by atoms with van der Waals surface area (Å²) in [5, 5.41) is 3.67. The average Bonchev–Trinajstić information content (AvgIpc) is 2.38. The summed E-state index contributed by atoms with van der Waals surface area (Å²) < 4.78 is 0. The summed E-state index contributed by atoms with van der Waals surface area (Å²) >= 11 is 0. The zero-order chi connectivity index (χ0) is 12.1. The third kappa shape index (κ3) is 2.86. The first-order chi connectivity index (χ1) is 8.26. The molecule has 1 aromatic heterocycles. The maximum Gasteiger partial charge on any atom is 0.0389 e. The molecule has 1 fully saturated rings. The van der Waals surface area contributed by atoms with E-state index in [1.165, 1.54) is 37.7 Å². The van der Waals surface area contributed by atoms with Gasteiger partial charge in [-0.05, 0) is 36.4 Å². The van der Waals surface area contributed by atoms with Gasteiger partial charge in [0.05, 0.1) is 0 Å². The van der Waals surface area contributed by atoms with Crippen molar-refractivity contribution in [2.24, 2.45) is 5.41 Å². The van der Waals surface area contributed by atoms with Crippen LogP contribution in [0.3, 0.4) is 0 Å². The molecule has 1 heterocycles. The highest BCUT2D eigenvalue weighted by molar-refractivity contribution is 5.17. The second-order valence-corrected chi connectivity index (χ2v) is 5.49. The molecule has 1 N–H and O–H groups in total. The molecule has 1 atom stereocenters. The average molecular weight is 232 g/mol. The summed E-state index contributed by atoms with van der Waals surface area (Å²) in [6.07, 6.45) is 10.7. The van der Waals surface area contributed by atoms with Crippen LogP contribution in [-0.4, -0.2) is 11.5 Å². The maximum absolute atomic E-state index is 4.27. The van der Waals surface area contributed by atoms with Gasteiger partial charge in [-0.2, -0.15) is 0 Å². The van der Waals surface area contributed by atoms with Crippen LogP contribution in [-0.2, 0) is 0 Å². The van der Waals surface area contributed by atoms with Crippen molar-refractivity contribution in [3.05, 3.63) is 30.1 Å². The number of hydrogen-bond donors (Lipinski definition) is 1.